The van der Waals surface area contributed by atoms with E-state index in [2.05, 4.69) is 10.6 Å². The van der Waals surface area contributed by atoms with E-state index in [1.54, 1.807) is 24.3 Å². The second kappa shape index (κ2) is 16.9. The second-order valence-corrected chi connectivity index (χ2v) is 12.0. The molecule has 0 bridgehead atoms. The first-order valence-corrected chi connectivity index (χ1v) is 16.2. The monoisotopic (exact) mass is 616 g/mol. The van der Waals surface area contributed by atoms with Gasteiger partial charge in [0.25, 0.3) is 0 Å². The van der Waals surface area contributed by atoms with Gasteiger partial charge in [-0.1, -0.05) is 33.1 Å². The number of halogens is 1. The molecule has 0 spiro atoms. The van der Waals surface area contributed by atoms with Crippen LogP contribution in [-0.4, -0.2) is 86.0 Å². The summed E-state index contributed by atoms with van der Waals surface area (Å²) in [6, 6.07) is 3.20. The van der Waals surface area contributed by atoms with E-state index in [-0.39, 0.29) is 35.4 Å². The largest absolute Gasteiger partial charge is 0.382 e. The molecule has 1 saturated heterocycles. The fourth-order valence-corrected chi connectivity index (χ4v) is 6.20. The van der Waals surface area contributed by atoms with E-state index in [1.165, 1.54) is 12.1 Å². The van der Waals surface area contributed by atoms with Crippen molar-refractivity contribution in [3.8, 4) is 0 Å². The van der Waals surface area contributed by atoms with Crippen molar-refractivity contribution in [3.63, 3.8) is 0 Å². The summed E-state index contributed by atoms with van der Waals surface area (Å²) in [5, 5.41) is 6.81. The van der Waals surface area contributed by atoms with E-state index in [1.807, 2.05) is 18.4 Å². The molecule has 0 radical (unpaired) electrons. The molecule has 1 aliphatic carbocycles. The van der Waals surface area contributed by atoms with Gasteiger partial charge in [0.1, 0.15) is 17.9 Å². The summed E-state index contributed by atoms with van der Waals surface area (Å²) in [6.07, 6.45) is 8.73. The van der Waals surface area contributed by atoms with Crippen LogP contribution in [0.4, 0.5) is 10.1 Å². The molecular formula is C33H49FN4O6. The van der Waals surface area contributed by atoms with Crippen LogP contribution in [0.3, 0.4) is 0 Å². The first kappa shape index (κ1) is 33.9. The van der Waals surface area contributed by atoms with Gasteiger partial charge in [-0.25, -0.2) is 4.39 Å². The predicted molar refractivity (Wildman–Crippen MR) is 167 cm³/mol. The fourth-order valence-electron chi connectivity index (χ4n) is 6.20. The molecule has 4 rings (SSSR count). The van der Waals surface area contributed by atoms with Crippen molar-refractivity contribution in [2.75, 3.05) is 52.0 Å². The van der Waals surface area contributed by atoms with Crippen molar-refractivity contribution in [1.29, 1.82) is 0 Å². The highest BCUT2D eigenvalue weighted by Gasteiger charge is 2.41. The summed E-state index contributed by atoms with van der Waals surface area (Å²) >= 11 is 0. The number of carbonyl (C=O) groups is 3. The summed E-state index contributed by atoms with van der Waals surface area (Å²) in [5.74, 6) is -1.05. The van der Waals surface area contributed by atoms with Crippen LogP contribution in [0, 0.1) is 17.7 Å². The number of anilines is 1. The van der Waals surface area contributed by atoms with Gasteiger partial charge in [0.05, 0.1) is 44.2 Å². The molecule has 2 heterocycles. The Morgan fingerprint density at radius 1 is 1.00 bits per heavy atom. The average Bonchev–Trinajstić information content (AvgIpc) is 3.66. The number of benzene rings is 1. The summed E-state index contributed by atoms with van der Waals surface area (Å²) in [6.45, 7) is 7.05. The molecule has 1 aromatic heterocycles. The number of nitrogens with one attached hydrogen (secondary N) is 2. The Morgan fingerprint density at radius 2 is 1.73 bits per heavy atom. The third-order valence-electron chi connectivity index (χ3n) is 8.97. The number of hydrogen-bond donors (Lipinski definition) is 2. The maximum atomic E-state index is 14.2. The van der Waals surface area contributed by atoms with Crippen molar-refractivity contribution >= 4 is 34.3 Å². The van der Waals surface area contributed by atoms with Crippen LogP contribution in [0.5, 0.6) is 0 Å². The summed E-state index contributed by atoms with van der Waals surface area (Å²) in [4.78, 5) is 42.3. The minimum absolute atomic E-state index is 0.0700. The molecule has 2 N–H and O–H groups in total. The number of hydrogen-bond acceptors (Lipinski definition) is 6. The van der Waals surface area contributed by atoms with Gasteiger partial charge in [-0.15, -0.1) is 0 Å². The van der Waals surface area contributed by atoms with Gasteiger partial charge in [-0.05, 0) is 56.2 Å². The Kier molecular flexibility index (Phi) is 13.0. The number of methoxy groups -OCH3 is 1. The molecule has 2 fully saturated rings. The van der Waals surface area contributed by atoms with E-state index in [4.69, 9.17) is 14.2 Å². The lowest BCUT2D eigenvalue weighted by Crippen LogP contribution is -2.56. The fraction of sp³-hybridized carbons (Fsp3) is 0.667. The molecule has 1 aliphatic heterocycles. The van der Waals surface area contributed by atoms with Crippen molar-refractivity contribution in [1.82, 2.24) is 14.8 Å². The maximum Gasteiger partial charge on any atom is 0.247 e. The van der Waals surface area contributed by atoms with Crippen LogP contribution in [0.1, 0.15) is 65.2 Å². The normalized spacial score (nSPS) is 18.8. The smallest absolute Gasteiger partial charge is 0.247 e. The number of aromatic nitrogens is 1. The van der Waals surface area contributed by atoms with E-state index in [9.17, 15) is 18.8 Å². The van der Waals surface area contributed by atoms with Crippen LogP contribution in [-0.2, 0) is 35.1 Å². The molecule has 1 aromatic carbocycles. The molecule has 1 saturated carbocycles. The molecule has 3 amide bonds. The van der Waals surface area contributed by atoms with Crippen molar-refractivity contribution in [2.45, 2.75) is 83.8 Å². The summed E-state index contributed by atoms with van der Waals surface area (Å²) in [7, 11) is 1.62. The number of amides is 3. The Labute approximate surface area is 259 Å². The highest BCUT2D eigenvalue weighted by molar-refractivity contribution is 6.05. The Bertz CT molecular complexity index is 1250. The second-order valence-electron chi connectivity index (χ2n) is 12.0. The lowest BCUT2D eigenvalue weighted by molar-refractivity contribution is -0.142. The maximum absolute atomic E-state index is 14.2. The van der Waals surface area contributed by atoms with Gasteiger partial charge in [0.15, 0.2) is 0 Å². The number of likely N-dealkylation sites (tertiary alicyclic amines) is 1. The Hall–Kier alpha value is -3.02. The van der Waals surface area contributed by atoms with E-state index in [0.29, 0.717) is 82.0 Å². The number of fused-ring (bicyclic) bond motifs is 1. The first-order chi connectivity index (χ1) is 21.3. The molecular weight excluding hydrogens is 567 g/mol. The summed E-state index contributed by atoms with van der Waals surface area (Å²) in [5.41, 5.74) is 1.20. The van der Waals surface area contributed by atoms with Gasteiger partial charge in [0, 0.05) is 37.7 Å². The third kappa shape index (κ3) is 8.79. The molecule has 2 aliphatic rings. The minimum atomic E-state index is -0.644. The van der Waals surface area contributed by atoms with Gasteiger partial charge in [-0.2, -0.15) is 0 Å². The highest BCUT2D eigenvalue weighted by Crippen LogP contribution is 2.31. The summed E-state index contributed by atoms with van der Waals surface area (Å²) < 4.78 is 32.1. The highest BCUT2D eigenvalue weighted by atomic mass is 19.1. The molecule has 2 aromatic rings. The van der Waals surface area contributed by atoms with Gasteiger partial charge in [0.2, 0.25) is 17.7 Å². The number of nitrogens with zero attached hydrogens (tertiary/aromatic N) is 2. The van der Waals surface area contributed by atoms with E-state index in [0.717, 1.165) is 32.1 Å². The third-order valence-corrected chi connectivity index (χ3v) is 8.97. The lowest BCUT2D eigenvalue weighted by Gasteiger charge is -2.35. The zero-order valence-electron chi connectivity index (χ0n) is 26.4. The molecule has 3 atom stereocenters. The van der Waals surface area contributed by atoms with E-state index >= 15 is 0 Å². The molecule has 10 nitrogen and oxygen atoms in total. The first-order valence-electron chi connectivity index (χ1n) is 16.2. The zero-order chi connectivity index (χ0) is 31.5. The van der Waals surface area contributed by atoms with Crippen molar-refractivity contribution in [3.05, 3.63) is 30.2 Å². The number of carbonyl (C=O) groups excluding carboxylic acids is 3. The topological polar surface area (TPSA) is 111 Å². The van der Waals surface area contributed by atoms with Gasteiger partial charge in [-0.3, -0.25) is 14.4 Å². The molecule has 11 heteroatoms. The SMILES string of the molecule is CC[C@@H](C)C(=O)N[C@H](C(=O)N1CCC[C@H]1C(=O)Nc1cn(CCOCCOCCOC)c2cc(F)ccc12)C1CCCCC1. The van der Waals surface area contributed by atoms with Crippen LogP contribution in [0.2, 0.25) is 0 Å². The Balaban J connectivity index is 1.44. The zero-order valence-corrected chi connectivity index (χ0v) is 26.4. The average molecular weight is 617 g/mol. The number of ether oxygens (including phenoxy) is 3. The molecule has 244 valence electrons. The molecule has 0 unspecified atom stereocenters. The van der Waals surface area contributed by atoms with Gasteiger partial charge < -0.3 is 34.3 Å². The van der Waals surface area contributed by atoms with Crippen LogP contribution in [0.15, 0.2) is 24.4 Å². The van der Waals surface area contributed by atoms with Gasteiger partial charge >= 0.3 is 0 Å². The lowest BCUT2D eigenvalue weighted by atomic mass is 9.83. The predicted octanol–water partition coefficient (Wildman–Crippen LogP) is 4.50. The van der Waals surface area contributed by atoms with Crippen molar-refractivity contribution < 1.29 is 33.0 Å². The molecule has 44 heavy (non-hydrogen) atoms. The number of rotatable bonds is 16. The Morgan fingerprint density at radius 3 is 2.45 bits per heavy atom. The van der Waals surface area contributed by atoms with Crippen LogP contribution < -0.4 is 10.6 Å². The van der Waals surface area contributed by atoms with E-state index < -0.39 is 12.1 Å². The standard InChI is InChI=1S/C33H49FN4O6/c1-4-23(2)31(39)36-30(24-9-6-5-7-10-24)33(41)38-14-8-11-28(38)32(40)35-27-22-37(29-21-25(34)12-13-26(27)29)15-16-43-19-20-44-18-17-42-3/h12-13,21-24,28,30H,4-11,14-20H2,1-3H3,(H,35,40)(H,36,39)/t23-,28+,30+/m1/s1. The quantitative estimate of drug-likeness (QED) is 0.269. The minimum Gasteiger partial charge on any atom is -0.382 e. The van der Waals surface area contributed by atoms with Crippen LogP contribution in [0.25, 0.3) is 10.9 Å². The van der Waals surface area contributed by atoms with Crippen molar-refractivity contribution in [2.24, 2.45) is 11.8 Å². The van der Waals surface area contributed by atoms with Crippen LogP contribution >= 0.6 is 0 Å².